The number of allylic oxidation sites excluding steroid dienone is 1. The maximum Gasteiger partial charge on any atom is 0.167 e. The van der Waals surface area contributed by atoms with Gasteiger partial charge < -0.3 is 5.11 Å². The summed E-state index contributed by atoms with van der Waals surface area (Å²) < 4.78 is 0. The van der Waals surface area contributed by atoms with Gasteiger partial charge in [0.1, 0.15) is 0 Å². The number of aliphatic hydroxyl groups excluding tert-OH is 1. The lowest BCUT2D eigenvalue weighted by Gasteiger charge is -2.17. The number of hydrogen-bond donors (Lipinski definition) is 1. The molecule has 0 fully saturated rings. The highest BCUT2D eigenvalue weighted by Crippen LogP contribution is 2.20. The minimum atomic E-state index is -0.384. The molecule has 0 unspecified atom stereocenters. The van der Waals surface area contributed by atoms with E-state index < -0.39 is 0 Å². The zero-order valence-corrected chi connectivity index (χ0v) is 7.64. The first-order valence-electron chi connectivity index (χ1n) is 3.81. The molecule has 0 saturated carbocycles. The van der Waals surface area contributed by atoms with E-state index in [0.29, 0.717) is 12.0 Å². The molecule has 0 spiro atoms. The van der Waals surface area contributed by atoms with Crippen LogP contribution in [-0.2, 0) is 4.79 Å². The van der Waals surface area contributed by atoms with Gasteiger partial charge in [-0.3, -0.25) is 4.79 Å². The summed E-state index contributed by atoms with van der Waals surface area (Å²) in [5.74, 6) is 0.0162. The van der Waals surface area contributed by atoms with Gasteiger partial charge in [-0.1, -0.05) is 27.7 Å². The Balaban J connectivity index is 4.49. The zero-order chi connectivity index (χ0) is 9.07. The van der Waals surface area contributed by atoms with Crippen molar-refractivity contribution in [3.8, 4) is 0 Å². The molecule has 0 aromatic rings. The van der Waals surface area contributed by atoms with E-state index in [0.717, 1.165) is 6.26 Å². The molecule has 0 aromatic carbocycles. The fraction of sp³-hybridized carbons (Fsp3) is 0.667. The minimum Gasteiger partial charge on any atom is -0.515 e. The van der Waals surface area contributed by atoms with Gasteiger partial charge in [0.25, 0.3) is 0 Å². The smallest absolute Gasteiger partial charge is 0.167 e. The quantitative estimate of drug-likeness (QED) is 0.492. The molecule has 2 heteroatoms. The average Bonchev–Trinajstić information content (AvgIpc) is 1.88. The third kappa shape index (κ3) is 2.74. The molecule has 0 rings (SSSR count). The molecule has 1 N–H and O–H groups in total. The number of ketones is 1. The van der Waals surface area contributed by atoms with Crippen LogP contribution in [0, 0.1) is 5.41 Å². The van der Waals surface area contributed by atoms with Gasteiger partial charge >= 0.3 is 0 Å². The van der Waals surface area contributed by atoms with Crippen LogP contribution in [-0.4, -0.2) is 10.9 Å². The van der Waals surface area contributed by atoms with Gasteiger partial charge in [-0.2, -0.15) is 0 Å². The lowest BCUT2D eigenvalue weighted by Crippen LogP contribution is -2.21. The maximum absolute atomic E-state index is 11.4. The Labute approximate surface area is 67.9 Å². The summed E-state index contributed by atoms with van der Waals surface area (Å²) in [5, 5.41) is 8.68. The molecule has 0 bridgehead atoms. The van der Waals surface area contributed by atoms with Crippen molar-refractivity contribution in [2.24, 2.45) is 5.41 Å². The Kier molecular flexibility index (Phi) is 3.30. The summed E-state index contributed by atoms with van der Waals surface area (Å²) >= 11 is 0. The van der Waals surface area contributed by atoms with Crippen molar-refractivity contribution in [2.75, 3.05) is 0 Å². The molecular weight excluding hydrogens is 140 g/mol. The van der Waals surface area contributed by atoms with Crippen molar-refractivity contribution in [1.29, 1.82) is 0 Å². The van der Waals surface area contributed by atoms with Crippen LogP contribution in [0.1, 0.15) is 34.1 Å². The summed E-state index contributed by atoms with van der Waals surface area (Å²) in [5.41, 5.74) is 0.113. The highest BCUT2D eigenvalue weighted by atomic mass is 16.2. The molecule has 11 heavy (non-hydrogen) atoms. The van der Waals surface area contributed by atoms with Crippen LogP contribution in [0.4, 0.5) is 0 Å². The van der Waals surface area contributed by atoms with Gasteiger partial charge in [-0.15, -0.1) is 0 Å². The Hall–Kier alpha value is -0.790. The molecule has 0 aliphatic heterocycles. The number of hydrogen-bond acceptors (Lipinski definition) is 2. The van der Waals surface area contributed by atoms with Gasteiger partial charge in [0.15, 0.2) is 5.78 Å². The monoisotopic (exact) mass is 156 g/mol. The Morgan fingerprint density at radius 3 is 2.00 bits per heavy atom. The van der Waals surface area contributed by atoms with Crippen LogP contribution in [0.5, 0.6) is 0 Å². The standard InChI is InChI=1S/C9H16O2/c1-5-7(6-10)8(11)9(2,3)4/h6,10H,5H2,1-4H3/b7-6-. The van der Waals surface area contributed by atoms with Gasteiger partial charge in [-0.05, 0) is 6.42 Å². The second-order valence-corrected chi connectivity index (χ2v) is 3.59. The molecule has 0 radical (unpaired) electrons. The fourth-order valence-electron chi connectivity index (χ4n) is 0.792. The van der Waals surface area contributed by atoms with E-state index in [1.54, 1.807) is 0 Å². The molecule has 0 aromatic heterocycles. The molecule has 64 valence electrons. The summed E-state index contributed by atoms with van der Waals surface area (Å²) in [4.78, 5) is 11.4. The predicted molar refractivity (Wildman–Crippen MR) is 45.5 cm³/mol. The summed E-state index contributed by atoms with van der Waals surface area (Å²) in [6, 6.07) is 0. The van der Waals surface area contributed by atoms with E-state index in [1.807, 2.05) is 27.7 Å². The van der Waals surface area contributed by atoms with Gasteiger partial charge in [0.05, 0.1) is 6.26 Å². The number of carbonyl (C=O) groups is 1. The van der Waals surface area contributed by atoms with Crippen LogP contribution in [0.25, 0.3) is 0 Å². The number of Topliss-reactive ketones (excluding diaryl/α,β-unsaturated/α-hetero) is 1. The molecule has 0 aliphatic rings. The van der Waals surface area contributed by atoms with Crippen molar-refractivity contribution in [2.45, 2.75) is 34.1 Å². The van der Waals surface area contributed by atoms with Crippen molar-refractivity contribution in [3.05, 3.63) is 11.8 Å². The van der Waals surface area contributed by atoms with E-state index in [4.69, 9.17) is 5.11 Å². The van der Waals surface area contributed by atoms with Crippen LogP contribution in [0.15, 0.2) is 11.8 Å². The normalized spacial score (nSPS) is 13.3. The second-order valence-electron chi connectivity index (χ2n) is 3.59. The lowest BCUT2D eigenvalue weighted by molar-refractivity contribution is -0.122. The van der Waals surface area contributed by atoms with Crippen LogP contribution < -0.4 is 0 Å². The summed E-state index contributed by atoms with van der Waals surface area (Å²) in [6.07, 6.45) is 1.50. The van der Waals surface area contributed by atoms with E-state index in [1.165, 1.54) is 0 Å². The van der Waals surface area contributed by atoms with Crippen molar-refractivity contribution < 1.29 is 9.90 Å². The van der Waals surface area contributed by atoms with E-state index >= 15 is 0 Å². The second kappa shape index (κ2) is 3.56. The Morgan fingerprint density at radius 2 is 1.91 bits per heavy atom. The molecule has 0 atom stereocenters. The first-order chi connectivity index (χ1) is 4.93. The zero-order valence-electron chi connectivity index (χ0n) is 7.64. The third-order valence-electron chi connectivity index (χ3n) is 1.51. The SMILES string of the molecule is CC/C(=C/O)C(=O)C(C)(C)C. The van der Waals surface area contributed by atoms with Crippen LogP contribution >= 0.6 is 0 Å². The largest absolute Gasteiger partial charge is 0.515 e. The first kappa shape index (κ1) is 10.2. The number of carbonyl (C=O) groups excluding carboxylic acids is 1. The summed E-state index contributed by atoms with van der Waals surface area (Å²) in [7, 11) is 0. The predicted octanol–water partition coefficient (Wildman–Crippen LogP) is 2.45. The van der Waals surface area contributed by atoms with Gasteiger partial charge in [-0.25, -0.2) is 0 Å². The van der Waals surface area contributed by atoms with E-state index in [9.17, 15) is 4.79 Å². The topological polar surface area (TPSA) is 37.3 Å². The van der Waals surface area contributed by atoms with E-state index in [-0.39, 0.29) is 11.2 Å². The molecule has 0 aliphatic carbocycles. The van der Waals surface area contributed by atoms with Gasteiger partial charge in [0.2, 0.25) is 0 Å². The minimum absolute atomic E-state index is 0.0162. The lowest BCUT2D eigenvalue weighted by atomic mass is 9.86. The molecule has 2 nitrogen and oxygen atoms in total. The number of aliphatic hydroxyl groups is 1. The Bertz CT molecular complexity index is 172. The Morgan fingerprint density at radius 1 is 1.45 bits per heavy atom. The average molecular weight is 156 g/mol. The van der Waals surface area contributed by atoms with Crippen molar-refractivity contribution in [1.82, 2.24) is 0 Å². The number of rotatable bonds is 2. The first-order valence-corrected chi connectivity index (χ1v) is 3.81. The fourth-order valence-corrected chi connectivity index (χ4v) is 0.792. The highest BCUT2D eigenvalue weighted by Gasteiger charge is 2.23. The van der Waals surface area contributed by atoms with Crippen molar-refractivity contribution in [3.63, 3.8) is 0 Å². The summed E-state index contributed by atoms with van der Waals surface area (Å²) in [6.45, 7) is 7.38. The maximum atomic E-state index is 11.4. The molecular formula is C9H16O2. The third-order valence-corrected chi connectivity index (χ3v) is 1.51. The molecule has 0 heterocycles. The molecule has 0 amide bonds. The van der Waals surface area contributed by atoms with Gasteiger partial charge in [0, 0.05) is 11.0 Å². The van der Waals surface area contributed by atoms with E-state index in [2.05, 4.69) is 0 Å². The molecule has 0 saturated heterocycles. The van der Waals surface area contributed by atoms with Crippen LogP contribution in [0.3, 0.4) is 0 Å². The highest BCUT2D eigenvalue weighted by molar-refractivity contribution is 5.98. The van der Waals surface area contributed by atoms with Crippen molar-refractivity contribution >= 4 is 5.78 Å². The van der Waals surface area contributed by atoms with Crippen LogP contribution in [0.2, 0.25) is 0 Å².